The van der Waals surface area contributed by atoms with E-state index >= 15 is 0 Å². The Morgan fingerprint density at radius 3 is 2.55 bits per heavy atom. The van der Waals surface area contributed by atoms with Gasteiger partial charge in [-0.1, -0.05) is 42.8 Å². The lowest BCUT2D eigenvalue weighted by molar-refractivity contribution is -0.643. The molecular weight excluding hydrogens is 400 g/mol. The summed E-state index contributed by atoms with van der Waals surface area (Å²) >= 11 is 0. The van der Waals surface area contributed by atoms with E-state index in [1.165, 1.54) is 85.8 Å². The molecular formula is C31H29N2+. The van der Waals surface area contributed by atoms with E-state index in [-0.39, 0.29) is 0 Å². The van der Waals surface area contributed by atoms with Gasteiger partial charge in [0.05, 0.1) is 27.3 Å². The highest BCUT2D eigenvalue weighted by Gasteiger charge is 2.40. The average molecular weight is 430 g/mol. The van der Waals surface area contributed by atoms with Crippen LogP contribution in [0.5, 0.6) is 0 Å². The zero-order valence-corrected chi connectivity index (χ0v) is 19.7. The number of pyridine rings is 2. The third-order valence-electron chi connectivity index (χ3n) is 9.24. The Morgan fingerprint density at radius 2 is 1.73 bits per heavy atom. The number of aromatic nitrogens is 2. The molecule has 2 heteroatoms. The van der Waals surface area contributed by atoms with Gasteiger partial charge in [-0.3, -0.25) is 0 Å². The normalized spacial score (nSPS) is 22.8. The number of hydrogen-bond acceptors (Lipinski definition) is 0. The molecule has 0 N–H and O–H groups in total. The second-order valence-corrected chi connectivity index (χ2v) is 11.0. The molecule has 3 aromatic carbocycles. The van der Waals surface area contributed by atoms with Crippen LogP contribution in [0.2, 0.25) is 0 Å². The third-order valence-corrected chi connectivity index (χ3v) is 9.24. The fourth-order valence-corrected chi connectivity index (χ4v) is 7.81. The van der Waals surface area contributed by atoms with Crippen LogP contribution >= 0.6 is 0 Å². The van der Waals surface area contributed by atoms with Crippen LogP contribution in [0, 0.1) is 25.7 Å². The summed E-state index contributed by atoms with van der Waals surface area (Å²) in [7, 11) is 2.21. The first-order chi connectivity index (χ1) is 16.1. The van der Waals surface area contributed by atoms with Crippen LogP contribution in [0.25, 0.3) is 49.0 Å². The maximum atomic E-state index is 2.62. The molecule has 2 aliphatic rings. The molecule has 3 unspecified atom stereocenters. The second-order valence-electron chi connectivity index (χ2n) is 11.0. The van der Waals surface area contributed by atoms with Gasteiger partial charge in [0.15, 0.2) is 6.20 Å². The molecule has 33 heavy (non-hydrogen) atoms. The van der Waals surface area contributed by atoms with Crippen molar-refractivity contribution in [2.24, 2.45) is 18.9 Å². The first-order valence-electron chi connectivity index (χ1n) is 12.6. The van der Waals surface area contributed by atoms with Gasteiger partial charge < -0.3 is 4.40 Å². The summed E-state index contributed by atoms with van der Waals surface area (Å²) in [4.78, 5) is 0. The molecule has 162 valence electrons. The summed E-state index contributed by atoms with van der Waals surface area (Å²) in [6.07, 6.45) is 7.99. The third kappa shape index (κ3) is 2.18. The maximum absolute atomic E-state index is 2.62. The minimum Gasteiger partial charge on any atom is -0.307 e. The van der Waals surface area contributed by atoms with Gasteiger partial charge in [0, 0.05) is 16.8 Å². The molecule has 0 saturated heterocycles. The summed E-state index contributed by atoms with van der Waals surface area (Å²) in [5, 5.41) is 6.96. The Labute approximate surface area is 193 Å². The highest BCUT2D eigenvalue weighted by molar-refractivity contribution is 6.26. The number of fused-ring (bicyclic) bond motifs is 7. The smallest absolute Gasteiger partial charge is 0.224 e. The van der Waals surface area contributed by atoms with Gasteiger partial charge in [0.1, 0.15) is 7.05 Å². The first kappa shape index (κ1) is 18.3. The molecule has 0 aliphatic heterocycles. The fourth-order valence-electron chi connectivity index (χ4n) is 7.81. The van der Waals surface area contributed by atoms with E-state index in [4.69, 9.17) is 0 Å². The minimum atomic E-state index is 0.735. The van der Waals surface area contributed by atoms with Crippen LogP contribution in [-0.2, 0) is 7.05 Å². The van der Waals surface area contributed by atoms with E-state index < -0.39 is 0 Å². The second kappa shape index (κ2) is 6.05. The van der Waals surface area contributed by atoms with Gasteiger partial charge in [0.25, 0.3) is 0 Å². The molecule has 6 aromatic rings. The Bertz CT molecular complexity index is 1770. The molecule has 0 amide bonds. The summed E-state index contributed by atoms with van der Waals surface area (Å²) in [5.41, 5.74) is 9.82. The quantitative estimate of drug-likeness (QED) is 0.147. The van der Waals surface area contributed by atoms with Crippen molar-refractivity contribution in [3.05, 3.63) is 71.4 Å². The zero-order valence-electron chi connectivity index (χ0n) is 19.7. The standard InChI is InChI=1S/C31H29N2/c1-17-7-10-24-23-6-4-5-18(2)29(23)33-26-16-22(25-14-19-8-9-20(25)13-19)15-21-11-12-32(3)31(28(21)26)27(17)30(24)33/h4-7,10-12,15-16,19-20,25H,8-9,13-14H2,1-3H3/q+1. The van der Waals surface area contributed by atoms with E-state index in [0.29, 0.717) is 0 Å². The fraction of sp³-hybridized carbons (Fsp3) is 0.323. The van der Waals surface area contributed by atoms with E-state index in [0.717, 1.165) is 17.8 Å². The average Bonchev–Trinajstić information content (AvgIpc) is 3.53. The van der Waals surface area contributed by atoms with Crippen molar-refractivity contribution >= 4 is 49.0 Å². The predicted molar refractivity (Wildman–Crippen MR) is 137 cm³/mol. The Hall–Kier alpha value is -3.13. The summed E-state index contributed by atoms with van der Waals surface area (Å²) < 4.78 is 4.97. The Balaban J connectivity index is 1.65. The van der Waals surface area contributed by atoms with Gasteiger partial charge in [-0.2, -0.15) is 0 Å². The van der Waals surface area contributed by atoms with Crippen LogP contribution < -0.4 is 4.57 Å². The number of rotatable bonds is 1. The predicted octanol–water partition coefficient (Wildman–Crippen LogP) is 7.33. The number of nitrogens with zero attached hydrogens (tertiary/aromatic N) is 2. The summed E-state index contributed by atoms with van der Waals surface area (Å²) in [6, 6.07) is 18.9. The van der Waals surface area contributed by atoms with Crippen LogP contribution in [-0.4, -0.2) is 4.40 Å². The van der Waals surface area contributed by atoms with Gasteiger partial charge in [-0.25, -0.2) is 4.57 Å². The molecule has 2 nitrogen and oxygen atoms in total. The molecule has 3 aromatic heterocycles. The highest BCUT2D eigenvalue weighted by Crippen LogP contribution is 2.53. The summed E-state index contributed by atoms with van der Waals surface area (Å²) in [6.45, 7) is 4.55. The van der Waals surface area contributed by atoms with Gasteiger partial charge >= 0.3 is 0 Å². The number of benzene rings is 3. The monoisotopic (exact) mass is 429 g/mol. The van der Waals surface area contributed by atoms with Gasteiger partial charge in [0.2, 0.25) is 5.52 Å². The van der Waals surface area contributed by atoms with Crippen molar-refractivity contribution in [3.63, 3.8) is 0 Å². The van der Waals surface area contributed by atoms with E-state index in [2.05, 4.69) is 84.6 Å². The van der Waals surface area contributed by atoms with E-state index in [1.807, 2.05) is 0 Å². The Kier molecular flexibility index (Phi) is 3.36. The highest BCUT2D eigenvalue weighted by atomic mass is 15.0. The van der Waals surface area contributed by atoms with E-state index in [9.17, 15) is 0 Å². The largest absolute Gasteiger partial charge is 0.307 e. The molecule has 0 radical (unpaired) electrons. The topological polar surface area (TPSA) is 8.29 Å². The number of para-hydroxylation sites is 1. The van der Waals surface area contributed by atoms with Gasteiger partial charge in [-0.05, 0) is 79.0 Å². The van der Waals surface area contributed by atoms with Crippen molar-refractivity contribution in [1.29, 1.82) is 0 Å². The van der Waals surface area contributed by atoms with Crippen molar-refractivity contribution in [2.75, 3.05) is 0 Å². The minimum absolute atomic E-state index is 0.735. The van der Waals surface area contributed by atoms with E-state index in [1.54, 1.807) is 5.56 Å². The van der Waals surface area contributed by atoms with Crippen molar-refractivity contribution < 1.29 is 4.57 Å². The summed E-state index contributed by atoms with van der Waals surface area (Å²) in [5.74, 6) is 2.58. The lowest BCUT2D eigenvalue weighted by atomic mass is 9.82. The first-order valence-corrected chi connectivity index (χ1v) is 12.6. The molecule has 0 spiro atoms. The number of hydrogen-bond donors (Lipinski definition) is 0. The zero-order chi connectivity index (χ0) is 22.0. The molecule has 2 aliphatic carbocycles. The molecule has 2 fully saturated rings. The molecule has 3 atom stereocenters. The van der Waals surface area contributed by atoms with Crippen molar-refractivity contribution in [2.45, 2.75) is 45.4 Å². The number of aryl methyl sites for hydroxylation is 3. The Morgan fingerprint density at radius 1 is 0.848 bits per heavy atom. The van der Waals surface area contributed by atoms with Crippen LogP contribution in [0.15, 0.2) is 54.7 Å². The SMILES string of the molecule is Cc1ccc2c3cccc(C)c3n3c4cc(C5CC6CCC5C6)cc5cc[n+](C)c(c1c23)c54. The molecule has 3 heterocycles. The van der Waals surface area contributed by atoms with Gasteiger partial charge in [-0.15, -0.1) is 0 Å². The van der Waals surface area contributed by atoms with Crippen LogP contribution in [0.3, 0.4) is 0 Å². The van der Waals surface area contributed by atoms with Crippen LogP contribution in [0.1, 0.15) is 48.3 Å². The molecule has 2 bridgehead atoms. The molecule has 8 rings (SSSR count). The lowest BCUT2D eigenvalue weighted by Gasteiger charge is -2.23. The molecule has 2 saturated carbocycles. The maximum Gasteiger partial charge on any atom is 0.224 e. The van der Waals surface area contributed by atoms with Crippen LogP contribution in [0.4, 0.5) is 0 Å². The van der Waals surface area contributed by atoms with Crippen molar-refractivity contribution in [3.8, 4) is 0 Å². The van der Waals surface area contributed by atoms with Crippen molar-refractivity contribution in [1.82, 2.24) is 4.40 Å². The lowest BCUT2D eigenvalue weighted by Crippen LogP contribution is -2.29.